The lowest BCUT2D eigenvalue weighted by molar-refractivity contribution is -0.141. The highest BCUT2D eigenvalue weighted by molar-refractivity contribution is 5.68. The van der Waals surface area contributed by atoms with Crippen LogP contribution in [-0.4, -0.2) is 49.1 Å². The Balaban J connectivity index is 2.32. The Morgan fingerprint density at radius 1 is 1.17 bits per heavy atom. The third-order valence-corrected chi connectivity index (χ3v) is 3.50. The first-order chi connectivity index (χ1) is 13.2. The van der Waals surface area contributed by atoms with Crippen LogP contribution < -0.4 is 5.32 Å². The molecule has 0 saturated carbocycles. The summed E-state index contributed by atoms with van der Waals surface area (Å²) in [5, 5.41) is 14.4. The fourth-order valence-electron chi connectivity index (χ4n) is 2.47. The summed E-state index contributed by atoms with van der Waals surface area (Å²) >= 11 is 0. The van der Waals surface area contributed by atoms with Gasteiger partial charge in [-0.15, -0.1) is 5.10 Å². The molecule has 29 heavy (non-hydrogen) atoms. The number of nitrogens with one attached hydrogen (secondary N) is 1. The third kappa shape index (κ3) is 6.44. The number of amides is 1. The Morgan fingerprint density at radius 3 is 2.38 bits per heavy atom. The van der Waals surface area contributed by atoms with Gasteiger partial charge in [-0.05, 0) is 40.7 Å². The van der Waals surface area contributed by atoms with E-state index < -0.39 is 29.1 Å². The van der Waals surface area contributed by atoms with Gasteiger partial charge in [-0.25, -0.2) is 4.79 Å². The van der Waals surface area contributed by atoms with E-state index in [4.69, 9.17) is 9.47 Å². The Kier molecular flexibility index (Phi) is 6.26. The van der Waals surface area contributed by atoms with Gasteiger partial charge in [-0.2, -0.15) is 28.2 Å². The quantitative estimate of drug-likeness (QED) is 0.775. The predicted octanol–water partition coefficient (Wildman–Crippen LogP) is 3.07. The molecule has 0 aromatic carbocycles. The zero-order valence-corrected chi connectivity index (χ0v) is 17.2. The molecule has 0 radical (unpaired) electrons. The largest absolute Gasteiger partial charge is 0.444 e. The number of aromatic nitrogens is 5. The molecule has 2 rings (SSSR count). The highest BCUT2D eigenvalue weighted by Crippen LogP contribution is 2.31. The normalized spacial score (nSPS) is 12.9. The highest BCUT2D eigenvalue weighted by atomic mass is 19.4. The van der Waals surface area contributed by atoms with Crippen molar-refractivity contribution in [1.82, 2.24) is 30.1 Å². The Hall–Kier alpha value is -2.63. The zero-order valence-electron chi connectivity index (χ0n) is 17.2. The van der Waals surface area contributed by atoms with Crippen molar-refractivity contribution in [2.75, 3.05) is 7.11 Å². The van der Waals surface area contributed by atoms with E-state index in [2.05, 4.69) is 20.6 Å². The van der Waals surface area contributed by atoms with Crippen molar-refractivity contribution in [1.29, 1.82) is 0 Å². The summed E-state index contributed by atoms with van der Waals surface area (Å²) in [6, 6.07) is 0.894. The molecular formula is C17H25F3N6O3. The van der Waals surface area contributed by atoms with Gasteiger partial charge in [-0.1, -0.05) is 0 Å². The smallest absolute Gasteiger partial charge is 0.435 e. The fourth-order valence-corrected chi connectivity index (χ4v) is 2.47. The van der Waals surface area contributed by atoms with Crippen LogP contribution in [0.25, 0.3) is 11.4 Å². The summed E-state index contributed by atoms with van der Waals surface area (Å²) in [6.45, 7) is 8.42. The molecule has 9 nitrogen and oxygen atoms in total. The van der Waals surface area contributed by atoms with E-state index in [1.165, 1.54) is 18.1 Å². The second kappa shape index (κ2) is 8.01. The van der Waals surface area contributed by atoms with Gasteiger partial charge in [-0.3, -0.25) is 4.68 Å². The molecule has 2 aromatic rings. The maximum absolute atomic E-state index is 13.2. The summed E-state index contributed by atoms with van der Waals surface area (Å²) < 4.78 is 50.9. The summed E-state index contributed by atoms with van der Waals surface area (Å²) in [5.74, 6) is 0. The van der Waals surface area contributed by atoms with E-state index in [1.54, 1.807) is 34.6 Å². The topological polar surface area (TPSA) is 96.1 Å². The SMILES string of the molecule is COCn1ncc(-c2cc(C(F)(F)F)nn2CC(C)(C)NC(=O)OC(C)(C)C)n1. The Bertz CT molecular complexity index is 851. The lowest BCUT2D eigenvalue weighted by Gasteiger charge is -2.29. The molecular weight excluding hydrogens is 393 g/mol. The number of hydrogen-bond acceptors (Lipinski definition) is 6. The average Bonchev–Trinajstić information content (AvgIpc) is 3.10. The van der Waals surface area contributed by atoms with E-state index in [-0.39, 0.29) is 24.7 Å². The van der Waals surface area contributed by atoms with Crippen LogP contribution in [0.5, 0.6) is 0 Å². The zero-order chi connectivity index (χ0) is 22.0. The fraction of sp³-hybridized carbons (Fsp3) is 0.647. The van der Waals surface area contributed by atoms with Gasteiger partial charge in [0.2, 0.25) is 0 Å². The van der Waals surface area contributed by atoms with Crippen LogP contribution in [0.1, 0.15) is 40.3 Å². The number of alkyl carbamates (subject to hydrolysis) is 1. The van der Waals surface area contributed by atoms with Crippen molar-refractivity contribution < 1.29 is 27.4 Å². The van der Waals surface area contributed by atoms with Crippen LogP contribution >= 0.6 is 0 Å². The molecule has 2 heterocycles. The molecule has 0 saturated heterocycles. The molecule has 0 aliphatic carbocycles. The standard InChI is InChI=1S/C17H25F3N6O3/c1-15(2,3)29-14(27)22-16(4,5)9-25-12(7-13(24-25)17(18,19)20)11-8-21-26(23-11)10-28-6/h7-8H,9-10H2,1-6H3,(H,22,27). The van der Waals surface area contributed by atoms with Crippen molar-refractivity contribution in [2.45, 2.75) is 65.2 Å². The molecule has 1 amide bonds. The van der Waals surface area contributed by atoms with Gasteiger partial charge in [0, 0.05) is 7.11 Å². The van der Waals surface area contributed by atoms with Crippen LogP contribution in [-0.2, 0) is 28.9 Å². The number of ether oxygens (including phenoxy) is 2. The molecule has 0 unspecified atom stereocenters. The first-order valence-electron chi connectivity index (χ1n) is 8.76. The van der Waals surface area contributed by atoms with E-state index in [0.717, 1.165) is 10.7 Å². The molecule has 1 N–H and O–H groups in total. The van der Waals surface area contributed by atoms with Gasteiger partial charge in [0.1, 0.15) is 11.3 Å². The number of carbonyl (C=O) groups is 1. The van der Waals surface area contributed by atoms with Gasteiger partial charge >= 0.3 is 12.3 Å². The Labute approximate surface area is 166 Å². The van der Waals surface area contributed by atoms with E-state index >= 15 is 0 Å². The van der Waals surface area contributed by atoms with Gasteiger partial charge in [0.15, 0.2) is 12.4 Å². The van der Waals surface area contributed by atoms with E-state index in [9.17, 15) is 18.0 Å². The van der Waals surface area contributed by atoms with Crippen LogP contribution in [0.4, 0.5) is 18.0 Å². The lowest BCUT2D eigenvalue weighted by atomic mass is 10.1. The van der Waals surface area contributed by atoms with Crippen LogP contribution in [0.15, 0.2) is 12.3 Å². The summed E-state index contributed by atoms with van der Waals surface area (Å²) in [6.07, 6.45) is -4.00. The first-order valence-corrected chi connectivity index (χ1v) is 8.76. The van der Waals surface area contributed by atoms with Gasteiger partial charge in [0.05, 0.1) is 24.0 Å². The second-order valence-corrected chi connectivity index (χ2v) is 8.10. The van der Waals surface area contributed by atoms with Crippen LogP contribution in [0.2, 0.25) is 0 Å². The van der Waals surface area contributed by atoms with Crippen molar-refractivity contribution in [3.8, 4) is 11.4 Å². The average molecular weight is 418 g/mol. The number of alkyl halides is 3. The molecule has 0 aliphatic heterocycles. The maximum Gasteiger partial charge on any atom is 0.435 e. The van der Waals surface area contributed by atoms with Crippen molar-refractivity contribution >= 4 is 6.09 Å². The molecule has 0 spiro atoms. The predicted molar refractivity (Wildman–Crippen MR) is 96.7 cm³/mol. The van der Waals surface area contributed by atoms with Gasteiger partial charge in [0.25, 0.3) is 0 Å². The van der Waals surface area contributed by atoms with E-state index in [1.807, 2.05) is 0 Å². The summed E-state index contributed by atoms with van der Waals surface area (Å²) in [7, 11) is 1.44. The number of methoxy groups -OCH3 is 1. The summed E-state index contributed by atoms with van der Waals surface area (Å²) in [5.41, 5.74) is -2.44. The first kappa shape index (κ1) is 22.7. The maximum atomic E-state index is 13.2. The van der Waals surface area contributed by atoms with Crippen LogP contribution in [0, 0.1) is 0 Å². The minimum Gasteiger partial charge on any atom is -0.444 e. The molecule has 0 fully saturated rings. The molecule has 0 atom stereocenters. The molecule has 162 valence electrons. The minimum atomic E-state index is -4.63. The Morgan fingerprint density at radius 2 is 1.83 bits per heavy atom. The molecule has 0 bridgehead atoms. The van der Waals surface area contributed by atoms with Crippen molar-refractivity contribution in [3.05, 3.63) is 18.0 Å². The minimum absolute atomic E-state index is 0.0476. The number of nitrogens with zero attached hydrogens (tertiary/aromatic N) is 5. The number of halogens is 3. The lowest BCUT2D eigenvalue weighted by Crippen LogP contribution is -2.48. The molecule has 2 aromatic heterocycles. The highest BCUT2D eigenvalue weighted by Gasteiger charge is 2.36. The van der Waals surface area contributed by atoms with Crippen molar-refractivity contribution in [3.63, 3.8) is 0 Å². The second-order valence-electron chi connectivity index (χ2n) is 8.10. The summed E-state index contributed by atoms with van der Waals surface area (Å²) in [4.78, 5) is 13.3. The monoisotopic (exact) mass is 418 g/mol. The van der Waals surface area contributed by atoms with Crippen LogP contribution in [0.3, 0.4) is 0 Å². The molecule has 12 heteroatoms. The van der Waals surface area contributed by atoms with Crippen molar-refractivity contribution in [2.24, 2.45) is 0 Å². The van der Waals surface area contributed by atoms with Gasteiger partial charge < -0.3 is 14.8 Å². The number of hydrogen-bond donors (Lipinski definition) is 1. The third-order valence-electron chi connectivity index (χ3n) is 3.50. The van der Waals surface area contributed by atoms with E-state index in [0.29, 0.717) is 0 Å². The number of rotatable bonds is 6. The molecule has 0 aliphatic rings. The number of carbonyl (C=O) groups excluding carboxylic acids is 1.